The molecule has 0 aromatic heterocycles. The standard InChI is InChI=1S/C18H25N3O3/c1-2-13-6-5-9-20(10-13)12-17(22)21-11-16(18(19)23)24-15-8-4-3-7-14(15)21/h3-4,7-8,13,16H,2,5-6,9-12H2,1H3,(H2,19,23)/t13-,16-/m1/s1. The Labute approximate surface area is 142 Å². The van der Waals surface area contributed by atoms with E-state index >= 15 is 0 Å². The van der Waals surface area contributed by atoms with Crippen LogP contribution in [0.25, 0.3) is 0 Å². The van der Waals surface area contributed by atoms with E-state index in [-0.39, 0.29) is 12.5 Å². The number of benzene rings is 1. The molecule has 1 fully saturated rings. The molecule has 2 aliphatic heterocycles. The first-order chi connectivity index (χ1) is 11.6. The van der Waals surface area contributed by atoms with Gasteiger partial charge in [0.25, 0.3) is 5.91 Å². The minimum Gasteiger partial charge on any atom is -0.477 e. The molecule has 0 aliphatic carbocycles. The van der Waals surface area contributed by atoms with Crippen molar-refractivity contribution in [2.24, 2.45) is 11.7 Å². The number of fused-ring (bicyclic) bond motifs is 1. The summed E-state index contributed by atoms with van der Waals surface area (Å²) < 4.78 is 5.62. The van der Waals surface area contributed by atoms with E-state index in [1.54, 1.807) is 11.0 Å². The third kappa shape index (κ3) is 3.53. The average Bonchev–Trinajstić information content (AvgIpc) is 2.60. The number of carbonyl (C=O) groups excluding carboxylic acids is 2. The van der Waals surface area contributed by atoms with Crippen molar-refractivity contribution in [2.45, 2.75) is 32.3 Å². The molecule has 3 rings (SSSR count). The van der Waals surface area contributed by atoms with Crippen LogP contribution in [0, 0.1) is 5.92 Å². The van der Waals surface area contributed by atoms with Crippen LogP contribution in [0.3, 0.4) is 0 Å². The Hall–Kier alpha value is -2.08. The lowest BCUT2D eigenvalue weighted by Gasteiger charge is -2.36. The van der Waals surface area contributed by atoms with Gasteiger partial charge in [0.1, 0.15) is 5.75 Å². The predicted octanol–water partition coefficient (Wildman–Crippen LogP) is 1.39. The number of likely N-dealkylation sites (tertiary alicyclic amines) is 1. The van der Waals surface area contributed by atoms with Crippen molar-refractivity contribution in [2.75, 3.05) is 31.1 Å². The van der Waals surface area contributed by atoms with Gasteiger partial charge in [0, 0.05) is 6.54 Å². The summed E-state index contributed by atoms with van der Waals surface area (Å²) >= 11 is 0. The Morgan fingerprint density at radius 2 is 2.08 bits per heavy atom. The molecule has 6 heteroatoms. The number of amides is 2. The molecule has 0 spiro atoms. The highest BCUT2D eigenvalue weighted by molar-refractivity contribution is 5.98. The van der Waals surface area contributed by atoms with Crippen LogP contribution < -0.4 is 15.4 Å². The van der Waals surface area contributed by atoms with E-state index in [2.05, 4.69) is 11.8 Å². The first-order valence-corrected chi connectivity index (χ1v) is 8.66. The average molecular weight is 331 g/mol. The second-order valence-electron chi connectivity index (χ2n) is 6.63. The maximum absolute atomic E-state index is 12.9. The second-order valence-corrected chi connectivity index (χ2v) is 6.63. The number of hydrogen-bond donors (Lipinski definition) is 1. The maximum atomic E-state index is 12.9. The van der Waals surface area contributed by atoms with Gasteiger partial charge in [-0.3, -0.25) is 14.5 Å². The minimum atomic E-state index is -0.798. The normalized spacial score (nSPS) is 24.1. The molecule has 1 aromatic carbocycles. The number of carbonyl (C=O) groups is 2. The monoisotopic (exact) mass is 331 g/mol. The highest BCUT2D eigenvalue weighted by Crippen LogP contribution is 2.33. The number of piperidine rings is 1. The molecule has 24 heavy (non-hydrogen) atoms. The van der Waals surface area contributed by atoms with Crippen molar-refractivity contribution in [1.82, 2.24) is 4.90 Å². The van der Waals surface area contributed by atoms with Crippen molar-refractivity contribution in [3.05, 3.63) is 24.3 Å². The molecule has 0 saturated carbocycles. The summed E-state index contributed by atoms with van der Waals surface area (Å²) in [6.07, 6.45) is 2.73. The van der Waals surface area contributed by atoms with Crippen LogP contribution in [0.4, 0.5) is 5.69 Å². The third-order valence-electron chi connectivity index (χ3n) is 4.93. The number of para-hydroxylation sites is 2. The summed E-state index contributed by atoms with van der Waals surface area (Å²) in [7, 11) is 0. The number of nitrogens with zero attached hydrogens (tertiary/aromatic N) is 2. The Balaban J connectivity index is 1.74. The molecule has 1 saturated heterocycles. The molecule has 0 radical (unpaired) electrons. The first kappa shape index (κ1) is 16.8. The molecule has 2 N–H and O–H groups in total. The Kier molecular flexibility index (Phi) is 5.04. The Bertz CT molecular complexity index is 619. The van der Waals surface area contributed by atoms with Crippen LogP contribution in [0.15, 0.2) is 24.3 Å². The molecule has 2 heterocycles. The van der Waals surface area contributed by atoms with Gasteiger partial charge in [-0.2, -0.15) is 0 Å². The van der Waals surface area contributed by atoms with Gasteiger partial charge in [-0.1, -0.05) is 25.5 Å². The molecular weight excluding hydrogens is 306 g/mol. The zero-order valence-corrected chi connectivity index (χ0v) is 14.1. The number of primary amides is 1. The van der Waals surface area contributed by atoms with Crippen LogP contribution in [0.1, 0.15) is 26.2 Å². The maximum Gasteiger partial charge on any atom is 0.260 e. The van der Waals surface area contributed by atoms with Gasteiger partial charge in [-0.15, -0.1) is 0 Å². The Morgan fingerprint density at radius 3 is 2.83 bits per heavy atom. The van der Waals surface area contributed by atoms with Gasteiger partial charge in [0.05, 0.1) is 18.8 Å². The fraction of sp³-hybridized carbons (Fsp3) is 0.556. The zero-order valence-electron chi connectivity index (χ0n) is 14.1. The second kappa shape index (κ2) is 7.21. The lowest BCUT2D eigenvalue weighted by molar-refractivity contribution is -0.125. The van der Waals surface area contributed by atoms with Gasteiger partial charge < -0.3 is 15.4 Å². The fourth-order valence-electron chi connectivity index (χ4n) is 3.52. The van der Waals surface area contributed by atoms with Crippen LogP contribution >= 0.6 is 0 Å². The van der Waals surface area contributed by atoms with Crippen molar-refractivity contribution < 1.29 is 14.3 Å². The lowest BCUT2D eigenvalue weighted by atomic mass is 9.96. The molecular formula is C18H25N3O3. The molecule has 0 bridgehead atoms. The zero-order chi connectivity index (χ0) is 17.1. The number of ether oxygens (including phenoxy) is 1. The molecule has 6 nitrogen and oxygen atoms in total. The van der Waals surface area contributed by atoms with Crippen molar-refractivity contribution >= 4 is 17.5 Å². The van der Waals surface area contributed by atoms with Gasteiger partial charge in [0.15, 0.2) is 6.10 Å². The van der Waals surface area contributed by atoms with Crippen molar-refractivity contribution in [3.8, 4) is 5.75 Å². The summed E-state index contributed by atoms with van der Waals surface area (Å²) in [5.41, 5.74) is 6.11. The lowest BCUT2D eigenvalue weighted by Crippen LogP contribution is -2.52. The van der Waals surface area contributed by atoms with E-state index in [1.807, 2.05) is 18.2 Å². The molecule has 0 unspecified atom stereocenters. The van der Waals surface area contributed by atoms with E-state index in [9.17, 15) is 9.59 Å². The fourth-order valence-corrected chi connectivity index (χ4v) is 3.52. The SMILES string of the molecule is CC[C@@H]1CCCN(CC(=O)N2C[C@H](C(N)=O)Oc3ccccc32)C1. The summed E-state index contributed by atoms with van der Waals surface area (Å²) in [5, 5.41) is 0. The number of nitrogens with two attached hydrogens (primary N) is 1. The predicted molar refractivity (Wildman–Crippen MR) is 91.9 cm³/mol. The van der Waals surface area contributed by atoms with Crippen molar-refractivity contribution in [1.29, 1.82) is 0 Å². The summed E-state index contributed by atoms with van der Waals surface area (Å²) in [6, 6.07) is 7.29. The largest absolute Gasteiger partial charge is 0.477 e. The Morgan fingerprint density at radius 1 is 1.29 bits per heavy atom. The van der Waals surface area contributed by atoms with Crippen LogP contribution in [0.5, 0.6) is 5.75 Å². The van der Waals surface area contributed by atoms with Gasteiger partial charge in [-0.25, -0.2) is 0 Å². The smallest absolute Gasteiger partial charge is 0.260 e. The molecule has 130 valence electrons. The number of rotatable bonds is 4. The van der Waals surface area contributed by atoms with Crippen LogP contribution in [-0.4, -0.2) is 49.0 Å². The van der Waals surface area contributed by atoms with E-state index in [1.165, 1.54) is 6.42 Å². The summed E-state index contributed by atoms with van der Waals surface area (Å²) in [5.74, 6) is 0.646. The highest BCUT2D eigenvalue weighted by atomic mass is 16.5. The number of hydrogen-bond acceptors (Lipinski definition) is 4. The topological polar surface area (TPSA) is 75.9 Å². The first-order valence-electron chi connectivity index (χ1n) is 8.66. The van der Waals surface area contributed by atoms with Crippen LogP contribution in [-0.2, 0) is 9.59 Å². The van der Waals surface area contributed by atoms with Gasteiger partial charge in [-0.05, 0) is 37.4 Å². The summed E-state index contributed by atoms with van der Waals surface area (Å²) in [6.45, 7) is 4.67. The van der Waals surface area contributed by atoms with E-state index < -0.39 is 12.0 Å². The quantitative estimate of drug-likeness (QED) is 0.904. The minimum absolute atomic E-state index is 0.00578. The van der Waals surface area contributed by atoms with Crippen molar-refractivity contribution in [3.63, 3.8) is 0 Å². The highest BCUT2D eigenvalue weighted by Gasteiger charge is 2.33. The third-order valence-corrected chi connectivity index (χ3v) is 4.93. The van der Waals surface area contributed by atoms with E-state index in [4.69, 9.17) is 10.5 Å². The van der Waals surface area contributed by atoms with E-state index in [0.29, 0.717) is 23.9 Å². The molecule has 2 atom stereocenters. The molecule has 2 aliphatic rings. The summed E-state index contributed by atoms with van der Waals surface area (Å²) in [4.78, 5) is 28.3. The molecule has 2 amide bonds. The van der Waals surface area contributed by atoms with Gasteiger partial charge in [0.2, 0.25) is 5.91 Å². The molecule has 1 aromatic rings. The van der Waals surface area contributed by atoms with Crippen LogP contribution in [0.2, 0.25) is 0 Å². The van der Waals surface area contributed by atoms with Gasteiger partial charge >= 0.3 is 0 Å². The van der Waals surface area contributed by atoms with E-state index in [0.717, 1.165) is 25.9 Å². The number of anilines is 1.